The summed E-state index contributed by atoms with van der Waals surface area (Å²) in [7, 11) is 1.56. The van der Waals surface area contributed by atoms with Crippen molar-refractivity contribution in [1.29, 1.82) is 0 Å². The van der Waals surface area contributed by atoms with Crippen LogP contribution in [0.1, 0.15) is 22.8 Å². The standard InChI is InChI=1S/C22H21N3O4/c1-15(26)24-18-5-3-17(4-6-18)22(27)25-19-7-8-20(28-2)21(13-19)29-14-16-9-11-23-12-10-16/h3-13H,14H2,1-2H3,(H,24,26)(H,25,27). The van der Waals surface area contributed by atoms with Gasteiger partial charge in [-0.25, -0.2) is 0 Å². The Morgan fingerprint density at radius 2 is 1.59 bits per heavy atom. The number of nitrogens with zero attached hydrogens (tertiary/aromatic N) is 1. The Hall–Kier alpha value is -3.87. The van der Waals surface area contributed by atoms with E-state index in [1.165, 1.54) is 6.92 Å². The van der Waals surface area contributed by atoms with E-state index in [4.69, 9.17) is 9.47 Å². The molecule has 2 aromatic carbocycles. The van der Waals surface area contributed by atoms with Crippen LogP contribution in [-0.2, 0) is 11.4 Å². The van der Waals surface area contributed by atoms with Gasteiger partial charge in [0.1, 0.15) is 6.61 Å². The molecule has 0 bridgehead atoms. The molecular formula is C22H21N3O4. The molecule has 1 aromatic heterocycles. The van der Waals surface area contributed by atoms with Crippen LogP contribution >= 0.6 is 0 Å². The zero-order valence-corrected chi connectivity index (χ0v) is 16.1. The minimum atomic E-state index is -0.273. The molecule has 3 rings (SSSR count). The maximum atomic E-state index is 12.5. The number of benzene rings is 2. The van der Waals surface area contributed by atoms with Gasteiger partial charge in [-0.1, -0.05) is 0 Å². The van der Waals surface area contributed by atoms with Gasteiger partial charge in [-0.3, -0.25) is 14.6 Å². The summed E-state index contributed by atoms with van der Waals surface area (Å²) in [5.74, 6) is 0.643. The first kappa shape index (κ1) is 19.9. The molecule has 0 saturated heterocycles. The van der Waals surface area contributed by atoms with E-state index in [2.05, 4.69) is 15.6 Å². The summed E-state index contributed by atoms with van der Waals surface area (Å²) in [6, 6.07) is 15.5. The molecule has 0 aliphatic rings. The summed E-state index contributed by atoms with van der Waals surface area (Å²) in [6.07, 6.45) is 3.40. The summed E-state index contributed by atoms with van der Waals surface area (Å²) < 4.78 is 11.2. The molecule has 7 heteroatoms. The highest BCUT2D eigenvalue weighted by Gasteiger charge is 2.10. The lowest BCUT2D eigenvalue weighted by atomic mass is 10.2. The third kappa shape index (κ3) is 5.55. The maximum Gasteiger partial charge on any atom is 0.255 e. The molecular weight excluding hydrogens is 370 g/mol. The third-order valence-corrected chi connectivity index (χ3v) is 4.03. The SMILES string of the molecule is COc1ccc(NC(=O)c2ccc(NC(C)=O)cc2)cc1OCc1ccncc1. The molecule has 1 heterocycles. The first-order valence-corrected chi connectivity index (χ1v) is 8.94. The van der Waals surface area contributed by atoms with Crippen molar-refractivity contribution in [2.45, 2.75) is 13.5 Å². The molecule has 29 heavy (non-hydrogen) atoms. The van der Waals surface area contributed by atoms with E-state index in [9.17, 15) is 9.59 Å². The number of rotatable bonds is 7. The molecule has 0 aliphatic carbocycles. The van der Waals surface area contributed by atoms with Crippen molar-refractivity contribution in [3.8, 4) is 11.5 Å². The summed E-state index contributed by atoms with van der Waals surface area (Å²) in [6.45, 7) is 1.78. The average molecular weight is 391 g/mol. The Labute approximate surface area is 168 Å². The minimum Gasteiger partial charge on any atom is -0.493 e. The number of pyridine rings is 1. The zero-order chi connectivity index (χ0) is 20.6. The van der Waals surface area contributed by atoms with E-state index in [0.717, 1.165) is 5.56 Å². The van der Waals surface area contributed by atoms with Crippen LogP contribution in [0.5, 0.6) is 11.5 Å². The van der Waals surface area contributed by atoms with Crippen molar-refractivity contribution in [1.82, 2.24) is 4.98 Å². The topological polar surface area (TPSA) is 89.6 Å². The number of hydrogen-bond donors (Lipinski definition) is 2. The summed E-state index contributed by atoms with van der Waals surface area (Å²) in [5, 5.41) is 5.50. The second kappa shape index (κ2) is 9.36. The zero-order valence-electron chi connectivity index (χ0n) is 16.1. The van der Waals surface area contributed by atoms with Crippen LogP contribution in [0, 0.1) is 0 Å². The number of carbonyl (C=O) groups is 2. The number of anilines is 2. The summed E-state index contributed by atoms with van der Waals surface area (Å²) >= 11 is 0. The Kier molecular flexibility index (Phi) is 6.42. The molecule has 0 fully saturated rings. The fraction of sp³-hybridized carbons (Fsp3) is 0.136. The van der Waals surface area contributed by atoms with Gasteiger partial charge in [-0.15, -0.1) is 0 Å². The third-order valence-electron chi connectivity index (χ3n) is 4.03. The van der Waals surface area contributed by atoms with Gasteiger partial charge in [0.25, 0.3) is 5.91 Å². The van der Waals surface area contributed by atoms with Crippen LogP contribution in [-0.4, -0.2) is 23.9 Å². The van der Waals surface area contributed by atoms with Crippen molar-refractivity contribution >= 4 is 23.2 Å². The molecule has 0 atom stereocenters. The van der Waals surface area contributed by atoms with Gasteiger partial charge in [0.05, 0.1) is 7.11 Å². The lowest BCUT2D eigenvalue weighted by molar-refractivity contribution is -0.114. The van der Waals surface area contributed by atoms with Crippen molar-refractivity contribution in [3.05, 3.63) is 78.1 Å². The van der Waals surface area contributed by atoms with Crippen LogP contribution < -0.4 is 20.1 Å². The number of aromatic nitrogens is 1. The maximum absolute atomic E-state index is 12.5. The number of hydrogen-bond acceptors (Lipinski definition) is 5. The fourth-order valence-electron chi connectivity index (χ4n) is 2.62. The van der Waals surface area contributed by atoms with Crippen LogP contribution in [0.15, 0.2) is 67.0 Å². The van der Waals surface area contributed by atoms with Crippen LogP contribution in [0.4, 0.5) is 11.4 Å². The van der Waals surface area contributed by atoms with Crippen LogP contribution in [0.25, 0.3) is 0 Å². The molecule has 0 radical (unpaired) electrons. The fourth-order valence-corrected chi connectivity index (χ4v) is 2.62. The highest BCUT2D eigenvalue weighted by Crippen LogP contribution is 2.31. The Balaban J connectivity index is 1.70. The number of amides is 2. The number of carbonyl (C=O) groups excluding carboxylic acids is 2. The smallest absolute Gasteiger partial charge is 0.255 e. The first-order chi connectivity index (χ1) is 14.0. The number of methoxy groups -OCH3 is 1. The van der Waals surface area contributed by atoms with E-state index in [1.54, 1.807) is 62.0 Å². The second-order valence-electron chi connectivity index (χ2n) is 6.22. The van der Waals surface area contributed by atoms with Crippen molar-refractivity contribution in [2.75, 3.05) is 17.7 Å². The normalized spacial score (nSPS) is 10.1. The van der Waals surface area contributed by atoms with E-state index in [-0.39, 0.29) is 11.8 Å². The Bertz CT molecular complexity index is 989. The van der Waals surface area contributed by atoms with Crippen molar-refractivity contribution in [3.63, 3.8) is 0 Å². The predicted molar refractivity (Wildman–Crippen MR) is 110 cm³/mol. The highest BCUT2D eigenvalue weighted by molar-refractivity contribution is 6.04. The molecule has 0 saturated carbocycles. The molecule has 148 valence electrons. The average Bonchev–Trinajstić information content (AvgIpc) is 2.73. The van der Waals surface area contributed by atoms with Gasteiger partial charge >= 0.3 is 0 Å². The first-order valence-electron chi connectivity index (χ1n) is 8.94. The Morgan fingerprint density at radius 3 is 2.24 bits per heavy atom. The van der Waals surface area contributed by atoms with Crippen molar-refractivity contribution in [2.24, 2.45) is 0 Å². The van der Waals surface area contributed by atoms with Gasteiger partial charge in [0.15, 0.2) is 11.5 Å². The summed E-state index contributed by atoms with van der Waals surface area (Å²) in [5.41, 5.74) is 2.64. The van der Waals surface area contributed by atoms with Crippen LogP contribution in [0.3, 0.4) is 0 Å². The predicted octanol–water partition coefficient (Wildman–Crippen LogP) is 3.88. The van der Waals surface area contributed by atoms with Gasteiger partial charge < -0.3 is 20.1 Å². The largest absolute Gasteiger partial charge is 0.493 e. The van der Waals surface area contributed by atoms with Gasteiger partial charge in [0.2, 0.25) is 5.91 Å². The van der Waals surface area contributed by atoms with E-state index in [1.807, 2.05) is 12.1 Å². The Morgan fingerprint density at radius 1 is 0.897 bits per heavy atom. The van der Waals surface area contributed by atoms with Crippen molar-refractivity contribution < 1.29 is 19.1 Å². The highest BCUT2D eigenvalue weighted by atomic mass is 16.5. The monoisotopic (exact) mass is 391 g/mol. The summed E-state index contributed by atoms with van der Waals surface area (Å²) in [4.78, 5) is 27.6. The van der Waals surface area contributed by atoms with Gasteiger partial charge in [-0.2, -0.15) is 0 Å². The van der Waals surface area contributed by atoms with Gasteiger partial charge in [0, 0.05) is 42.3 Å². The molecule has 0 aliphatic heterocycles. The molecule has 2 amide bonds. The quantitative estimate of drug-likeness (QED) is 0.638. The number of nitrogens with one attached hydrogen (secondary N) is 2. The van der Waals surface area contributed by atoms with E-state index in [0.29, 0.717) is 35.0 Å². The number of ether oxygens (including phenoxy) is 2. The lowest BCUT2D eigenvalue weighted by Crippen LogP contribution is -2.12. The molecule has 2 N–H and O–H groups in total. The van der Waals surface area contributed by atoms with E-state index >= 15 is 0 Å². The second-order valence-corrected chi connectivity index (χ2v) is 6.22. The molecule has 0 spiro atoms. The minimum absolute atomic E-state index is 0.167. The lowest BCUT2D eigenvalue weighted by Gasteiger charge is -2.13. The molecule has 0 unspecified atom stereocenters. The molecule has 3 aromatic rings. The van der Waals surface area contributed by atoms with Gasteiger partial charge in [-0.05, 0) is 54.1 Å². The molecule has 7 nitrogen and oxygen atoms in total. The van der Waals surface area contributed by atoms with E-state index < -0.39 is 0 Å². The van der Waals surface area contributed by atoms with Crippen LogP contribution in [0.2, 0.25) is 0 Å².